The first-order valence-corrected chi connectivity index (χ1v) is 5.64. The van der Waals surface area contributed by atoms with Gasteiger partial charge in [0.1, 0.15) is 0 Å². The van der Waals surface area contributed by atoms with E-state index in [2.05, 4.69) is 64.1 Å². The average molecular weight is 215 g/mol. The summed E-state index contributed by atoms with van der Waals surface area (Å²) in [6, 6.07) is 8.33. The van der Waals surface area contributed by atoms with Crippen LogP contribution in [0.1, 0.15) is 27.7 Å². The third-order valence-electron chi connectivity index (χ3n) is 2.66. The molecule has 0 fully saturated rings. The van der Waals surface area contributed by atoms with Gasteiger partial charge in [0.2, 0.25) is 0 Å². The van der Waals surface area contributed by atoms with Crippen LogP contribution >= 0.6 is 0 Å². The smallest absolute Gasteiger partial charge is 0.00241 e. The van der Waals surface area contributed by atoms with Crippen LogP contribution in [0.25, 0.3) is 12.2 Å². The molecule has 0 amide bonds. The summed E-state index contributed by atoms with van der Waals surface area (Å²) in [5.41, 5.74) is 6.93. The van der Waals surface area contributed by atoms with Gasteiger partial charge < -0.3 is 5.73 Å². The Bertz CT molecular complexity index is 487. The molecule has 2 N–H and O–H groups in total. The van der Waals surface area contributed by atoms with E-state index in [-0.39, 0.29) is 5.41 Å². The lowest BCUT2D eigenvalue weighted by molar-refractivity contribution is 0.522. The minimum absolute atomic E-state index is 0.0790. The summed E-state index contributed by atoms with van der Waals surface area (Å²) in [7, 11) is 0. The van der Waals surface area contributed by atoms with Crippen molar-refractivity contribution in [1.82, 2.24) is 0 Å². The summed E-state index contributed by atoms with van der Waals surface area (Å²) in [6.45, 7) is 8.55. The van der Waals surface area contributed by atoms with Crippen molar-refractivity contribution in [2.75, 3.05) is 0 Å². The fourth-order valence-electron chi connectivity index (χ4n) is 1.59. The van der Waals surface area contributed by atoms with Gasteiger partial charge in [0.25, 0.3) is 0 Å². The topological polar surface area (TPSA) is 26.0 Å². The van der Waals surface area contributed by atoms with Gasteiger partial charge >= 0.3 is 0 Å². The minimum Gasteiger partial charge on any atom is -0.404 e. The summed E-state index contributed by atoms with van der Waals surface area (Å²) < 4.78 is 0. The lowest BCUT2D eigenvalue weighted by atomic mass is 9.86. The molecule has 86 valence electrons. The fourth-order valence-corrected chi connectivity index (χ4v) is 1.59. The van der Waals surface area contributed by atoms with Crippen LogP contribution in [0, 0.1) is 5.41 Å². The van der Waals surface area contributed by atoms with Crippen LogP contribution < -0.4 is 16.2 Å². The predicted octanol–water partition coefficient (Wildman–Crippen LogP) is 2.16. The highest BCUT2D eigenvalue weighted by atomic mass is 14.5. The van der Waals surface area contributed by atoms with Gasteiger partial charge in [0.05, 0.1) is 0 Å². The van der Waals surface area contributed by atoms with Crippen LogP contribution in [0.4, 0.5) is 0 Å². The van der Waals surface area contributed by atoms with Gasteiger partial charge in [0, 0.05) is 0 Å². The lowest BCUT2D eigenvalue weighted by Gasteiger charge is -2.19. The molecule has 1 rings (SSSR count). The summed E-state index contributed by atoms with van der Waals surface area (Å²) in [5.74, 6) is 0. The highest BCUT2D eigenvalue weighted by Crippen LogP contribution is 2.24. The van der Waals surface area contributed by atoms with E-state index in [1.807, 2.05) is 0 Å². The van der Waals surface area contributed by atoms with E-state index in [1.54, 1.807) is 6.20 Å². The molecule has 0 unspecified atom stereocenters. The molecule has 1 aromatic carbocycles. The third-order valence-corrected chi connectivity index (χ3v) is 2.66. The maximum absolute atomic E-state index is 5.69. The Labute approximate surface area is 98.0 Å². The molecular formula is C15H21N. The number of rotatable bonds is 1. The Morgan fingerprint density at radius 1 is 1.12 bits per heavy atom. The average Bonchev–Trinajstić information content (AvgIpc) is 2.24. The van der Waals surface area contributed by atoms with Crippen molar-refractivity contribution in [3.8, 4) is 0 Å². The van der Waals surface area contributed by atoms with Crippen molar-refractivity contribution in [3.05, 3.63) is 46.5 Å². The van der Waals surface area contributed by atoms with Crippen LogP contribution in [0.5, 0.6) is 0 Å². The van der Waals surface area contributed by atoms with Crippen LogP contribution in [0.15, 0.2) is 36.0 Å². The van der Waals surface area contributed by atoms with Gasteiger partial charge in [-0.1, -0.05) is 51.1 Å². The summed E-state index contributed by atoms with van der Waals surface area (Å²) in [4.78, 5) is 0. The molecule has 1 nitrogen and oxygen atoms in total. The molecule has 0 aromatic heterocycles. The highest BCUT2D eigenvalue weighted by molar-refractivity contribution is 5.50. The molecule has 0 heterocycles. The van der Waals surface area contributed by atoms with Crippen LogP contribution in [-0.4, -0.2) is 0 Å². The zero-order chi connectivity index (χ0) is 12.2. The summed E-state index contributed by atoms with van der Waals surface area (Å²) >= 11 is 0. The Morgan fingerprint density at radius 2 is 1.69 bits per heavy atom. The first-order chi connectivity index (χ1) is 7.49. The van der Waals surface area contributed by atoms with Gasteiger partial charge in [-0.05, 0) is 40.6 Å². The molecule has 0 saturated carbocycles. The Kier molecular flexibility index (Phi) is 3.94. The third kappa shape index (κ3) is 2.99. The van der Waals surface area contributed by atoms with E-state index in [4.69, 9.17) is 5.73 Å². The first kappa shape index (κ1) is 12.6. The van der Waals surface area contributed by atoms with Crippen LogP contribution in [0.3, 0.4) is 0 Å². The van der Waals surface area contributed by atoms with Gasteiger partial charge in [-0.2, -0.15) is 0 Å². The van der Waals surface area contributed by atoms with Gasteiger partial charge in [-0.15, -0.1) is 0 Å². The standard InChI is InChI=1S/C15H21N/c1-5-12-8-6-7-9-13(12)10-14(11-16)15(2,3)4/h5-11H,16H2,1-4H3/b12-5-,13-10-,14-11+. The maximum atomic E-state index is 5.69. The molecule has 0 aliphatic carbocycles. The molecule has 0 spiro atoms. The SMILES string of the molecule is C/C=c1/cccc/c1=C/C(=C\N)C(C)(C)C. The Hall–Kier alpha value is -1.50. The monoisotopic (exact) mass is 215 g/mol. The highest BCUT2D eigenvalue weighted by Gasteiger charge is 2.13. The quantitative estimate of drug-likeness (QED) is 0.763. The van der Waals surface area contributed by atoms with Gasteiger partial charge in [0.15, 0.2) is 0 Å². The van der Waals surface area contributed by atoms with E-state index < -0.39 is 0 Å². The zero-order valence-corrected chi connectivity index (χ0v) is 10.6. The van der Waals surface area contributed by atoms with Crippen molar-refractivity contribution < 1.29 is 0 Å². The Morgan fingerprint density at radius 3 is 2.12 bits per heavy atom. The van der Waals surface area contributed by atoms with Gasteiger partial charge in [-0.25, -0.2) is 0 Å². The molecule has 1 heteroatoms. The van der Waals surface area contributed by atoms with E-state index in [9.17, 15) is 0 Å². The molecule has 16 heavy (non-hydrogen) atoms. The van der Waals surface area contributed by atoms with E-state index in [0.717, 1.165) is 5.57 Å². The van der Waals surface area contributed by atoms with E-state index in [0.29, 0.717) is 0 Å². The minimum atomic E-state index is 0.0790. The number of hydrogen-bond acceptors (Lipinski definition) is 1. The molecule has 0 aliphatic heterocycles. The van der Waals surface area contributed by atoms with Crippen molar-refractivity contribution in [3.63, 3.8) is 0 Å². The van der Waals surface area contributed by atoms with E-state index >= 15 is 0 Å². The second kappa shape index (κ2) is 5.02. The van der Waals surface area contributed by atoms with Gasteiger partial charge in [-0.3, -0.25) is 0 Å². The Balaban J connectivity index is 3.39. The number of hydrogen-bond donors (Lipinski definition) is 1. The van der Waals surface area contributed by atoms with Crippen LogP contribution in [0.2, 0.25) is 0 Å². The van der Waals surface area contributed by atoms with E-state index in [1.165, 1.54) is 10.4 Å². The van der Waals surface area contributed by atoms with Crippen molar-refractivity contribution in [2.45, 2.75) is 27.7 Å². The molecule has 0 aliphatic rings. The van der Waals surface area contributed by atoms with Crippen molar-refractivity contribution in [1.29, 1.82) is 0 Å². The fraction of sp³-hybridized carbons (Fsp3) is 0.333. The van der Waals surface area contributed by atoms with Crippen LogP contribution in [-0.2, 0) is 0 Å². The number of allylic oxidation sites excluding steroid dienone is 1. The number of benzene rings is 1. The second-order valence-electron chi connectivity index (χ2n) is 4.93. The lowest BCUT2D eigenvalue weighted by Crippen LogP contribution is -2.25. The largest absolute Gasteiger partial charge is 0.404 e. The van der Waals surface area contributed by atoms with Crippen molar-refractivity contribution in [2.24, 2.45) is 11.1 Å². The molecule has 0 saturated heterocycles. The summed E-state index contributed by atoms with van der Waals surface area (Å²) in [5, 5.41) is 2.46. The zero-order valence-electron chi connectivity index (χ0n) is 10.6. The molecular weight excluding hydrogens is 194 g/mol. The maximum Gasteiger partial charge on any atom is -0.00241 e. The molecule has 1 aromatic rings. The molecule has 0 bridgehead atoms. The first-order valence-electron chi connectivity index (χ1n) is 5.64. The van der Waals surface area contributed by atoms with Crippen molar-refractivity contribution >= 4 is 12.2 Å². The molecule has 0 atom stereocenters. The second-order valence-corrected chi connectivity index (χ2v) is 4.93. The molecule has 0 radical (unpaired) electrons. The number of nitrogens with two attached hydrogens (primary N) is 1. The summed E-state index contributed by atoms with van der Waals surface area (Å²) in [6.07, 6.45) is 5.98. The normalized spacial score (nSPS) is 15.6. The predicted molar refractivity (Wildman–Crippen MR) is 72.0 cm³/mol.